The fraction of sp³-hybridized carbons (Fsp3) is 0.111. The number of nitrogen functional groups attached to an aromatic ring is 1. The molecule has 0 fully saturated rings. The van der Waals surface area contributed by atoms with Gasteiger partial charge in [-0.25, -0.2) is 9.97 Å². The Balaban J connectivity index is 1.45. The predicted octanol–water partition coefficient (Wildman–Crippen LogP) is 3.30. The van der Waals surface area contributed by atoms with E-state index in [1.54, 1.807) is 57.1 Å². The van der Waals surface area contributed by atoms with Crippen molar-refractivity contribution in [2.24, 2.45) is 0 Å². The van der Waals surface area contributed by atoms with E-state index in [0.717, 1.165) is 22.1 Å². The molecule has 0 saturated carbocycles. The van der Waals surface area contributed by atoms with Gasteiger partial charge < -0.3 is 20.9 Å². The first-order valence-corrected chi connectivity index (χ1v) is 11.5. The van der Waals surface area contributed by atoms with E-state index in [9.17, 15) is 9.59 Å². The van der Waals surface area contributed by atoms with Gasteiger partial charge in [-0.05, 0) is 53.6 Å². The lowest BCUT2D eigenvalue weighted by atomic mass is 10.0. The zero-order chi connectivity index (χ0) is 25.9. The normalized spacial score (nSPS) is 10.9. The first-order valence-electron chi connectivity index (χ1n) is 11.5. The minimum absolute atomic E-state index is 0.133. The van der Waals surface area contributed by atoms with Gasteiger partial charge in [0.05, 0.1) is 11.3 Å². The number of nitrogens with one attached hydrogen (secondary N) is 2. The molecule has 5 aromatic rings. The molecule has 0 aliphatic rings. The molecular weight excluding hydrogens is 468 g/mol. The average molecular weight is 493 g/mol. The topological polar surface area (TPSA) is 143 Å². The lowest BCUT2D eigenvalue weighted by molar-refractivity contribution is 0.0826. The summed E-state index contributed by atoms with van der Waals surface area (Å²) >= 11 is 0. The summed E-state index contributed by atoms with van der Waals surface area (Å²) in [6, 6.07) is 12.7. The van der Waals surface area contributed by atoms with Crippen molar-refractivity contribution in [2.75, 3.05) is 19.8 Å². The van der Waals surface area contributed by atoms with Crippen molar-refractivity contribution in [3.8, 4) is 22.4 Å². The largest absolute Gasteiger partial charge is 0.383 e. The number of rotatable bonds is 6. The third-order valence-corrected chi connectivity index (χ3v) is 5.90. The van der Waals surface area contributed by atoms with Gasteiger partial charge in [0, 0.05) is 68.1 Å². The molecule has 0 atom stereocenters. The summed E-state index contributed by atoms with van der Waals surface area (Å²) in [6.07, 6.45) is 8.24. The third kappa shape index (κ3) is 4.85. The van der Waals surface area contributed by atoms with Crippen molar-refractivity contribution < 1.29 is 9.59 Å². The van der Waals surface area contributed by atoms with Crippen molar-refractivity contribution in [2.45, 2.75) is 6.54 Å². The van der Waals surface area contributed by atoms with E-state index >= 15 is 0 Å². The van der Waals surface area contributed by atoms with E-state index in [1.807, 2.05) is 24.3 Å². The van der Waals surface area contributed by atoms with Gasteiger partial charge in [-0.3, -0.25) is 19.6 Å². The molecule has 0 radical (unpaired) electrons. The summed E-state index contributed by atoms with van der Waals surface area (Å²) in [5.41, 5.74) is 11.4. The number of carbonyl (C=O) groups excluding carboxylic acids is 2. The Kier molecular flexibility index (Phi) is 6.29. The van der Waals surface area contributed by atoms with Gasteiger partial charge in [0.15, 0.2) is 0 Å². The number of aromatic amines is 1. The molecule has 37 heavy (non-hydrogen) atoms. The number of nitrogens with zero attached hydrogens (tertiary/aromatic N) is 5. The van der Waals surface area contributed by atoms with Gasteiger partial charge in [0.2, 0.25) is 0 Å². The van der Waals surface area contributed by atoms with Gasteiger partial charge in [0.1, 0.15) is 17.2 Å². The molecular formula is C27H24N8O2. The summed E-state index contributed by atoms with van der Waals surface area (Å²) in [6.45, 7) is 0.383. The second-order valence-electron chi connectivity index (χ2n) is 8.63. The third-order valence-electron chi connectivity index (χ3n) is 5.90. The van der Waals surface area contributed by atoms with Crippen LogP contribution in [-0.4, -0.2) is 55.7 Å². The van der Waals surface area contributed by atoms with E-state index in [4.69, 9.17) is 5.73 Å². The van der Waals surface area contributed by atoms with Crippen LogP contribution in [-0.2, 0) is 6.54 Å². The van der Waals surface area contributed by atoms with Crippen LogP contribution >= 0.6 is 0 Å². The molecule has 0 aliphatic carbocycles. The van der Waals surface area contributed by atoms with Crippen molar-refractivity contribution in [1.29, 1.82) is 0 Å². The quantitative estimate of drug-likeness (QED) is 0.330. The smallest absolute Gasteiger partial charge is 0.268 e. The van der Waals surface area contributed by atoms with Crippen molar-refractivity contribution in [3.05, 3.63) is 90.3 Å². The first-order chi connectivity index (χ1) is 17.9. The number of nitrogens with two attached hydrogens (primary N) is 1. The molecule has 0 bridgehead atoms. The van der Waals surface area contributed by atoms with Crippen LogP contribution in [0.5, 0.6) is 0 Å². The van der Waals surface area contributed by atoms with Gasteiger partial charge in [-0.2, -0.15) is 0 Å². The molecule has 5 heterocycles. The maximum atomic E-state index is 12.8. The summed E-state index contributed by atoms with van der Waals surface area (Å²) in [4.78, 5) is 46.8. The molecule has 184 valence electrons. The number of H-pyrrole nitrogens is 1. The Labute approximate surface area is 212 Å². The highest BCUT2D eigenvalue weighted by molar-refractivity contribution is 6.02. The molecule has 2 amide bonds. The summed E-state index contributed by atoms with van der Waals surface area (Å²) in [5.74, 6) is -0.0573. The van der Waals surface area contributed by atoms with Gasteiger partial charge in [-0.15, -0.1) is 0 Å². The number of anilines is 1. The number of pyridine rings is 4. The molecule has 0 unspecified atom stereocenters. The SMILES string of the molecule is CN(C)C(=O)c1ccc(-c2cc(-c3ccnc4[nH]c(C(=O)NCc5ccncc5)cc34)cnc2N)nc1. The number of carbonyl (C=O) groups is 2. The molecule has 0 aliphatic heterocycles. The Bertz CT molecular complexity index is 1590. The minimum atomic E-state index is -0.242. The number of fused-ring (bicyclic) bond motifs is 1. The lowest BCUT2D eigenvalue weighted by Crippen LogP contribution is -2.23. The Morgan fingerprint density at radius 3 is 2.49 bits per heavy atom. The van der Waals surface area contributed by atoms with E-state index in [1.165, 1.54) is 11.1 Å². The van der Waals surface area contributed by atoms with Crippen LogP contribution in [0.4, 0.5) is 5.82 Å². The van der Waals surface area contributed by atoms with Crippen LogP contribution in [0.25, 0.3) is 33.4 Å². The van der Waals surface area contributed by atoms with Crippen molar-refractivity contribution in [3.63, 3.8) is 0 Å². The first kappa shape index (κ1) is 23.6. The van der Waals surface area contributed by atoms with E-state index in [2.05, 4.69) is 30.2 Å². The molecule has 10 heteroatoms. The van der Waals surface area contributed by atoms with Crippen LogP contribution in [0.2, 0.25) is 0 Å². The zero-order valence-electron chi connectivity index (χ0n) is 20.3. The fourth-order valence-electron chi connectivity index (χ4n) is 3.94. The molecule has 5 aromatic heterocycles. The maximum Gasteiger partial charge on any atom is 0.268 e. The summed E-state index contributed by atoms with van der Waals surface area (Å²) in [7, 11) is 3.38. The number of hydrogen-bond donors (Lipinski definition) is 3. The van der Waals surface area contributed by atoms with Gasteiger partial charge in [-0.1, -0.05) is 0 Å². The zero-order valence-corrected chi connectivity index (χ0v) is 20.3. The highest BCUT2D eigenvalue weighted by Crippen LogP contribution is 2.32. The average Bonchev–Trinajstić information content (AvgIpc) is 3.37. The lowest BCUT2D eigenvalue weighted by Gasteiger charge is -2.11. The number of amides is 2. The van der Waals surface area contributed by atoms with Crippen LogP contribution in [0, 0.1) is 0 Å². The van der Waals surface area contributed by atoms with Crippen LogP contribution in [0.3, 0.4) is 0 Å². The van der Waals surface area contributed by atoms with Gasteiger partial charge in [0.25, 0.3) is 11.8 Å². The Hall–Kier alpha value is -5.12. The fourth-order valence-corrected chi connectivity index (χ4v) is 3.94. The molecule has 0 saturated heterocycles. The molecule has 5 rings (SSSR count). The Morgan fingerprint density at radius 2 is 1.76 bits per heavy atom. The van der Waals surface area contributed by atoms with Crippen LogP contribution in [0.1, 0.15) is 26.4 Å². The van der Waals surface area contributed by atoms with Gasteiger partial charge >= 0.3 is 0 Å². The Morgan fingerprint density at radius 1 is 0.946 bits per heavy atom. The maximum absolute atomic E-state index is 12.8. The minimum Gasteiger partial charge on any atom is -0.383 e. The molecule has 0 spiro atoms. The van der Waals surface area contributed by atoms with Crippen LogP contribution < -0.4 is 11.1 Å². The second kappa shape index (κ2) is 9.86. The van der Waals surface area contributed by atoms with E-state index in [-0.39, 0.29) is 11.8 Å². The van der Waals surface area contributed by atoms with Crippen molar-refractivity contribution in [1.82, 2.24) is 35.1 Å². The highest BCUT2D eigenvalue weighted by atomic mass is 16.2. The molecule has 4 N–H and O–H groups in total. The second-order valence-corrected chi connectivity index (χ2v) is 8.63. The molecule has 0 aromatic carbocycles. The summed E-state index contributed by atoms with van der Waals surface area (Å²) < 4.78 is 0. The summed E-state index contributed by atoms with van der Waals surface area (Å²) in [5, 5.41) is 3.68. The monoisotopic (exact) mass is 492 g/mol. The van der Waals surface area contributed by atoms with E-state index < -0.39 is 0 Å². The van der Waals surface area contributed by atoms with Crippen LogP contribution in [0.15, 0.2) is 73.4 Å². The molecule has 10 nitrogen and oxygen atoms in total. The van der Waals surface area contributed by atoms with E-state index in [0.29, 0.717) is 40.5 Å². The number of hydrogen-bond acceptors (Lipinski definition) is 7. The van der Waals surface area contributed by atoms with Crippen molar-refractivity contribution >= 4 is 28.7 Å². The highest BCUT2D eigenvalue weighted by Gasteiger charge is 2.16. The standard InChI is InChI=1S/C27H24N8O2/c1-35(2)27(37)17-3-4-22(31-14-17)21-11-18(15-32-24(21)28)19-7-10-30-25-20(19)12-23(34-25)26(36)33-13-16-5-8-29-9-6-16/h3-12,14-15H,13H2,1-2H3,(H2,28,32)(H,30,34)(H,33,36). The number of aromatic nitrogens is 5. The predicted molar refractivity (Wildman–Crippen MR) is 140 cm³/mol.